The molecule has 0 spiro atoms. The predicted octanol–water partition coefficient (Wildman–Crippen LogP) is 3.50. The first kappa shape index (κ1) is 19.1. The zero-order valence-electron chi connectivity index (χ0n) is 14.2. The Balaban J connectivity index is 2.10. The van der Waals surface area contributed by atoms with E-state index >= 15 is 0 Å². The third-order valence-corrected chi connectivity index (χ3v) is 5.62. The summed E-state index contributed by atoms with van der Waals surface area (Å²) in [4.78, 5) is 12.3. The molecule has 1 N–H and O–H groups in total. The number of nitrogens with zero attached hydrogens (tertiary/aromatic N) is 1. The number of carbonyl (C=O) groups excluding carboxylic acids is 1. The van der Waals surface area contributed by atoms with Gasteiger partial charge in [0, 0.05) is 24.8 Å². The van der Waals surface area contributed by atoms with Crippen LogP contribution in [0.5, 0.6) is 0 Å². The normalized spacial score (nSPS) is 11.5. The van der Waals surface area contributed by atoms with Crippen molar-refractivity contribution in [3.05, 3.63) is 59.9 Å². The van der Waals surface area contributed by atoms with Crippen LogP contribution in [0.25, 0.3) is 0 Å². The lowest BCUT2D eigenvalue weighted by atomic mass is 10.2. The van der Waals surface area contributed by atoms with Crippen LogP contribution in [-0.2, 0) is 10.0 Å². The smallest absolute Gasteiger partial charge is 0.255 e. The second-order valence-corrected chi connectivity index (χ2v) is 7.71. The molecule has 5 nitrogen and oxygen atoms in total. The van der Waals surface area contributed by atoms with E-state index in [2.05, 4.69) is 5.32 Å². The van der Waals surface area contributed by atoms with Gasteiger partial charge in [-0.25, -0.2) is 17.1 Å². The summed E-state index contributed by atoms with van der Waals surface area (Å²) in [6, 6.07) is 11.1. The molecule has 0 bridgehead atoms. The van der Waals surface area contributed by atoms with E-state index in [0.29, 0.717) is 17.8 Å². The Labute approximate surface area is 147 Å². The summed E-state index contributed by atoms with van der Waals surface area (Å²) in [7, 11) is -2.02. The summed E-state index contributed by atoms with van der Waals surface area (Å²) < 4.78 is 39.0. The van der Waals surface area contributed by atoms with Gasteiger partial charge in [0.05, 0.1) is 4.90 Å². The lowest BCUT2D eigenvalue weighted by Gasteiger charge is -2.17. The molecule has 2 aromatic rings. The number of unbranched alkanes of at least 4 members (excludes halogenated alkanes) is 1. The van der Waals surface area contributed by atoms with Gasteiger partial charge in [-0.15, -0.1) is 0 Å². The van der Waals surface area contributed by atoms with E-state index in [1.54, 1.807) is 7.05 Å². The van der Waals surface area contributed by atoms with Crippen molar-refractivity contribution in [2.75, 3.05) is 18.9 Å². The third-order valence-electron chi connectivity index (χ3n) is 3.75. The second-order valence-electron chi connectivity index (χ2n) is 5.67. The van der Waals surface area contributed by atoms with Gasteiger partial charge in [0.25, 0.3) is 5.91 Å². The van der Waals surface area contributed by atoms with Crippen LogP contribution < -0.4 is 5.32 Å². The Kier molecular flexibility index (Phi) is 6.27. The number of carbonyl (C=O) groups is 1. The fourth-order valence-corrected chi connectivity index (χ4v) is 3.41. The van der Waals surface area contributed by atoms with Crippen LogP contribution in [-0.4, -0.2) is 32.2 Å². The number of sulfonamides is 1. The minimum absolute atomic E-state index is 0.143. The third kappa shape index (κ3) is 4.87. The molecule has 2 aromatic carbocycles. The van der Waals surface area contributed by atoms with E-state index in [-0.39, 0.29) is 10.7 Å². The summed E-state index contributed by atoms with van der Waals surface area (Å²) in [6.07, 6.45) is 1.69. The number of rotatable bonds is 7. The summed E-state index contributed by atoms with van der Waals surface area (Å²) in [5.41, 5.74) is 0.780. The van der Waals surface area contributed by atoms with Gasteiger partial charge in [0.1, 0.15) is 5.82 Å². The fourth-order valence-electron chi connectivity index (χ4n) is 2.20. The fraction of sp³-hybridized carbons (Fsp3) is 0.278. The highest BCUT2D eigenvalue weighted by Gasteiger charge is 2.20. The van der Waals surface area contributed by atoms with Crippen molar-refractivity contribution >= 4 is 21.6 Å². The first-order chi connectivity index (χ1) is 11.8. The maximum absolute atomic E-state index is 12.9. The summed E-state index contributed by atoms with van der Waals surface area (Å²) in [6.45, 7) is 2.45. The summed E-state index contributed by atoms with van der Waals surface area (Å²) in [5.74, 6) is -0.783. The highest BCUT2D eigenvalue weighted by Crippen LogP contribution is 2.17. The number of halogens is 1. The number of hydrogen-bond donors (Lipinski definition) is 1. The molecule has 134 valence electrons. The van der Waals surface area contributed by atoms with Crippen LogP contribution >= 0.6 is 0 Å². The molecule has 7 heteroatoms. The first-order valence-corrected chi connectivity index (χ1v) is 9.42. The molecule has 0 atom stereocenters. The van der Waals surface area contributed by atoms with Gasteiger partial charge in [-0.05, 0) is 55.0 Å². The van der Waals surface area contributed by atoms with E-state index in [0.717, 1.165) is 12.8 Å². The zero-order valence-corrected chi connectivity index (χ0v) is 15.0. The Bertz CT molecular complexity index is 818. The average molecular weight is 364 g/mol. The van der Waals surface area contributed by atoms with Crippen LogP contribution in [0.2, 0.25) is 0 Å². The minimum atomic E-state index is -3.56. The maximum atomic E-state index is 12.9. The Hall–Kier alpha value is -2.25. The van der Waals surface area contributed by atoms with Crippen molar-refractivity contribution in [3.63, 3.8) is 0 Å². The molecule has 0 fully saturated rings. The van der Waals surface area contributed by atoms with Crippen LogP contribution in [0.15, 0.2) is 53.4 Å². The molecular formula is C18H21FN2O3S. The van der Waals surface area contributed by atoms with Crippen molar-refractivity contribution < 1.29 is 17.6 Å². The molecular weight excluding hydrogens is 343 g/mol. The SMILES string of the molecule is CCCCN(C)S(=O)(=O)c1ccc(C(=O)Nc2ccc(F)cc2)cc1. The molecule has 25 heavy (non-hydrogen) atoms. The molecule has 0 unspecified atom stereocenters. The number of anilines is 1. The van der Waals surface area contributed by atoms with E-state index in [1.165, 1.54) is 52.8 Å². The molecule has 0 aliphatic carbocycles. The molecule has 0 aromatic heterocycles. The van der Waals surface area contributed by atoms with Gasteiger partial charge in [0.2, 0.25) is 10.0 Å². The van der Waals surface area contributed by atoms with Crippen LogP contribution in [0.1, 0.15) is 30.1 Å². The zero-order chi connectivity index (χ0) is 18.4. The molecule has 0 saturated carbocycles. The molecule has 0 aliphatic heterocycles. The lowest BCUT2D eigenvalue weighted by molar-refractivity contribution is 0.102. The van der Waals surface area contributed by atoms with E-state index < -0.39 is 15.9 Å². The topological polar surface area (TPSA) is 66.5 Å². The van der Waals surface area contributed by atoms with Gasteiger partial charge in [-0.1, -0.05) is 13.3 Å². The number of benzene rings is 2. The van der Waals surface area contributed by atoms with E-state index in [4.69, 9.17) is 0 Å². The molecule has 2 rings (SSSR count). The number of nitrogens with one attached hydrogen (secondary N) is 1. The van der Waals surface area contributed by atoms with E-state index in [1.807, 2.05) is 6.92 Å². The Morgan fingerprint density at radius 3 is 2.24 bits per heavy atom. The summed E-state index contributed by atoms with van der Waals surface area (Å²) in [5, 5.41) is 2.63. The van der Waals surface area contributed by atoms with Crippen molar-refractivity contribution in [3.8, 4) is 0 Å². The van der Waals surface area contributed by atoms with Crippen molar-refractivity contribution in [2.24, 2.45) is 0 Å². The Morgan fingerprint density at radius 1 is 1.08 bits per heavy atom. The monoisotopic (exact) mass is 364 g/mol. The highest BCUT2D eigenvalue weighted by atomic mass is 32.2. The molecule has 0 radical (unpaired) electrons. The van der Waals surface area contributed by atoms with E-state index in [9.17, 15) is 17.6 Å². The van der Waals surface area contributed by atoms with Crippen LogP contribution in [0.3, 0.4) is 0 Å². The van der Waals surface area contributed by atoms with Gasteiger partial charge in [-0.2, -0.15) is 0 Å². The molecule has 0 heterocycles. The summed E-state index contributed by atoms with van der Waals surface area (Å²) >= 11 is 0. The average Bonchev–Trinajstić information content (AvgIpc) is 2.61. The van der Waals surface area contributed by atoms with Gasteiger partial charge < -0.3 is 5.32 Å². The van der Waals surface area contributed by atoms with Crippen LogP contribution in [0.4, 0.5) is 10.1 Å². The standard InChI is InChI=1S/C18H21FN2O3S/c1-3-4-13-21(2)25(23,24)17-11-5-14(6-12-17)18(22)20-16-9-7-15(19)8-10-16/h5-12H,3-4,13H2,1-2H3,(H,20,22). The molecule has 0 saturated heterocycles. The lowest BCUT2D eigenvalue weighted by Crippen LogP contribution is -2.28. The maximum Gasteiger partial charge on any atom is 0.255 e. The van der Waals surface area contributed by atoms with Crippen molar-refractivity contribution in [2.45, 2.75) is 24.7 Å². The number of hydrogen-bond acceptors (Lipinski definition) is 3. The van der Waals surface area contributed by atoms with Gasteiger partial charge >= 0.3 is 0 Å². The minimum Gasteiger partial charge on any atom is -0.322 e. The largest absolute Gasteiger partial charge is 0.322 e. The van der Waals surface area contributed by atoms with Gasteiger partial charge in [-0.3, -0.25) is 4.79 Å². The quantitative estimate of drug-likeness (QED) is 0.818. The second kappa shape index (κ2) is 8.22. The first-order valence-electron chi connectivity index (χ1n) is 7.98. The molecule has 1 amide bonds. The highest BCUT2D eigenvalue weighted by molar-refractivity contribution is 7.89. The molecule has 0 aliphatic rings. The predicted molar refractivity (Wildman–Crippen MR) is 95.5 cm³/mol. The van der Waals surface area contributed by atoms with Crippen molar-refractivity contribution in [1.29, 1.82) is 0 Å². The van der Waals surface area contributed by atoms with Crippen LogP contribution in [0, 0.1) is 5.82 Å². The number of amides is 1. The van der Waals surface area contributed by atoms with Gasteiger partial charge in [0.15, 0.2) is 0 Å². The van der Waals surface area contributed by atoms with Crippen molar-refractivity contribution in [1.82, 2.24) is 4.31 Å². The Morgan fingerprint density at radius 2 is 1.68 bits per heavy atom.